The minimum Gasteiger partial charge on any atom is -0.361 e. The molecule has 0 saturated heterocycles. The number of rotatable bonds is 4. The monoisotopic (exact) mass is 418 g/mol. The number of sulfone groups is 1. The van der Waals surface area contributed by atoms with Crippen LogP contribution in [0.3, 0.4) is 0 Å². The minimum atomic E-state index is -3.84. The highest BCUT2D eigenvalue weighted by Gasteiger charge is 2.19. The highest BCUT2D eigenvalue weighted by atomic mass is 79.9. The molecular weight excluding hydrogens is 407 g/mol. The molecule has 0 amide bonds. The summed E-state index contributed by atoms with van der Waals surface area (Å²) in [6.45, 7) is 0. The Morgan fingerprint density at radius 1 is 1.24 bits per heavy atom. The second kappa shape index (κ2) is 6.82. The first-order chi connectivity index (χ1) is 11.9. The quantitative estimate of drug-likeness (QED) is 0.631. The van der Waals surface area contributed by atoms with Crippen LogP contribution in [0.5, 0.6) is 0 Å². The number of nitrogens with one attached hydrogen (secondary N) is 1. The van der Waals surface area contributed by atoms with Crippen LogP contribution in [0, 0.1) is 17.1 Å². The number of allylic oxidation sites excluding steroid dienone is 1. The molecule has 1 heterocycles. The van der Waals surface area contributed by atoms with E-state index in [1.54, 1.807) is 12.3 Å². The highest BCUT2D eigenvalue weighted by Crippen LogP contribution is 2.26. The van der Waals surface area contributed by atoms with E-state index in [0.717, 1.165) is 15.4 Å². The molecule has 0 aliphatic heterocycles. The van der Waals surface area contributed by atoms with E-state index in [-0.39, 0.29) is 10.7 Å². The predicted octanol–water partition coefficient (Wildman–Crippen LogP) is 4.55. The minimum absolute atomic E-state index is 0.335. The van der Waals surface area contributed by atoms with Crippen molar-refractivity contribution in [3.05, 3.63) is 75.0 Å². The van der Waals surface area contributed by atoms with Crippen LogP contribution >= 0.6 is 15.9 Å². The van der Waals surface area contributed by atoms with Crippen molar-refractivity contribution in [2.45, 2.75) is 5.75 Å². The molecule has 0 saturated carbocycles. The fourth-order valence-corrected chi connectivity index (χ4v) is 4.04. The van der Waals surface area contributed by atoms with Gasteiger partial charge in [-0.25, -0.2) is 12.8 Å². The van der Waals surface area contributed by atoms with Crippen LogP contribution in [0.15, 0.2) is 58.0 Å². The van der Waals surface area contributed by atoms with Crippen molar-refractivity contribution in [1.29, 1.82) is 5.26 Å². The van der Waals surface area contributed by atoms with Gasteiger partial charge in [-0.3, -0.25) is 0 Å². The molecule has 7 heteroatoms. The van der Waals surface area contributed by atoms with E-state index < -0.39 is 15.7 Å². The molecule has 4 nitrogen and oxygen atoms in total. The second-order valence-electron chi connectivity index (χ2n) is 5.44. The number of benzene rings is 2. The Bertz CT molecular complexity index is 1110. The van der Waals surface area contributed by atoms with Gasteiger partial charge in [0.2, 0.25) is 0 Å². The molecule has 3 rings (SSSR count). The van der Waals surface area contributed by atoms with Crippen LogP contribution in [0.2, 0.25) is 0 Å². The molecule has 0 aliphatic rings. The van der Waals surface area contributed by atoms with E-state index in [0.29, 0.717) is 11.1 Å². The molecule has 0 spiro atoms. The first-order valence-corrected chi connectivity index (χ1v) is 9.69. The van der Waals surface area contributed by atoms with Crippen molar-refractivity contribution in [3.63, 3.8) is 0 Å². The first kappa shape index (κ1) is 17.4. The van der Waals surface area contributed by atoms with Gasteiger partial charge in [0, 0.05) is 27.1 Å². The Hall–Kier alpha value is -2.43. The summed E-state index contributed by atoms with van der Waals surface area (Å²) in [4.78, 5) is 2.71. The first-order valence-electron chi connectivity index (χ1n) is 7.25. The summed E-state index contributed by atoms with van der Waals surface area (Å²) in [5.41, 5.74) is 1.86. The number of aromatic amines is 1. The smallest absolute Gasteiger partial charge is 0.192 e. The third kappa shape index (κ3) is 3.81. The van der Waals surface area contributed by atoms with Crippen molar-refractivity contribution >= 4 is 42.7 Å². The lowest BCUT2D eigenvalue weighted by molar-refractivity contribution is 0.602. The maximum absolute atomic E-state index is 13.0. The third-order valence-corrected chi connectivity index (χ3v) is 5.76. The topological polar surface area (TPSA) is 73.7 Å². The van der Waals surface area contributed by atoms with Gasteiger partial charge in [0.25, 0.3) is 0 Å². The van der Waals surface area contributed by atoms with Crippen LogP contribution in [-0.2, 0) is 15.6 Å². The molecule has 0 radical (unpaired) electrons. The van der Waals surface area contributed by atoms with Crippen molar-refractivity contribution < 1.29 is 12.8 Å². The predicted molar refractivity (Wildman–Crippen MR) is 98.6 cm³/mol. The summed E-state index contributed by atoms with van der Waals surface area (Å²) in [5.74, 6) is -0.805. The van der Waals surface area contributed by atoms with Gasteiger partial charge in [0.15, 0.2) is 9.84 Å². The Morgan fingerprint density at radius 3 is 2.64 bits per heavy atom. The van der Waals surface area contributed by atoms with Crippen LogP contribution in [-0.4, -0.2) is 13.4 Å². The summed E-state index contributed by atoms with van der Waals surface area (Å²) < 4.78 is 38.9. The van der Waals surface area contributed by atoms with Crippen molar-refractivity contribution in [1.82, 2.24) is 4.98 Å². The molecule has 1 N–H and O–H groups in total. The van der Waals surface area contributed by atoms with Crippen molar-refractivity contribution in [2.24, 2.45) is 0 Å². The lowest BCUT2D eigenvalue weighted by Gasteiger charge is -2.03. The molecule has 0 fully saturated rings. The second-order valence-corrected chi connectivity index (χ2v) is 8.31. The molecule has 3 aromatic rings. The summed E-state index contributed by atoms with van der Waals surface area (Å²) >= 11 is 3.38. The standard InChI is InChI=1S/C18H12BrFN2O2S/c19-14-3-6-18-17(8-14)13(10-22-18)7-16(9-21)25(23,24)11-12-1-4-15(20)5-2-12/h1-8,10,22H,11H2. The molecule has 126 valence electrons. The lowest BCUT2D eigenvalue weighted by Crippen LogP contribution is -2.06. The molecule has 1 aromatic heterocycles. The normalized spacial score (nSPS) is 12.3. The third-order valence-electron chi connectivity index (χ3n) is 3.68. The number of aromatic nitrogens is 1. The summed E-state index contributed by atoms with van der Waals surface area (Å²) in [6.07, 6.45) is 3.01. The Kier molecular flexibility index (Phi) is 4.75. The van der Waals surface area contributed by atoms with Gasteiger partial charge in [-0.15, -0.1) is 0 Å². The van der Waals surface area contributed by atoms with Gasteiger partial charge in [0.1, 0.15) is 16.8 Å². The molecule has 25 heavy (non-hydrogen) atoms. The van der Waals surface area contributed by atoms with E-state index in [1.807, 2.05) is 18.2 Å². The van der Waals surface area contributed by atoms with Gasteiger partial charge in [-0.2, -0.15) is 5.26 Å². The Balaban J connectivity index is 2.00. The number of fused-ring (bicyclic) bond motifs is 1. The molecule has 0 atom stereocenters. The zero-order valence-corrected chi connectivity index (χ0v) is 15.2. The molecular formula is C18H12BrFN2O2S. The zero-order chi connectivity index (χ0) is 18.0. The van der Waals surface area contributed by atoms with Gasteiger partial charge in [-0.1, -0.05) is 28.1 Å². The largest absolute Gasteiger partial charge is 0.361 e. The van der Waals surface area contributed by atoms with Crippen LogP contribution in [0.1, 0.15) is 11.1 Å². The van der Waals surface area contributed by atoms with Gasteiger partial charge >= 0.3 is 0 Å². The zero-order valence-electron chi connectivity index (χ0n) is 12.8. The number of H-pyrrole nitrogens is 1. The number of halogens is 2. The summed E-state index contributed by atoms with van der Waals surface area (Å²) in [6, 6.07) is 12.5. The van der Waals surface area contributed by atoms with E-state index >= 15 is 0 Å². The van der Waals surface area contributed by atoms with E-state index in [9.17, 15) is 18.1 Å². The lowest BCUT2D eigenvalue weighted by atomic mass is 10.1. The SMILES string of the molecule is N#CC(=Cc1c[nH]c2ccc(Br)cc12)S(=O)(=O)Cc1ccc(F)cc1. The fourth-order valence-electron chi connectivity index (χ4n) is 2.44. The maximum atomic E-state index is 13.0. The average molecular weight is 419 g/mol. The van der Waals surface area contributed by atoms with Crippen LogP contribution in [0.25, 0.3) is 17.0 Å². The van der Waals surface area contributed by atoms with Crippen molar-refractivity contribution in [3.8, 4) is 6.07 Å². The fraction of sp³-hybridized carbons (Fsp3) is 0.0556. The number of nitriles is 1. The van der Waals surface area contributed by atoms with Gasteiger partial charge in [-0.05, 0) is 42.0 Å². The van der Waals surface area contributed by atoms with Gasteiger partial charge < -0.3 is 4.98 Å². The summed E-state index contributed by atoms with van der Waals surface area (Å²) in [5, 5.41) is 10.1. The summed E-state index contributed by atoms with van der Waals surface area (Å²) in [7, 11) is -3.84. The Morgan fingerprint density at radius 2 is 1.96 bits per heavy atom. The molecule has 0 aliphatic carbocycles. The average Bonchev–Trinajstić information content (AvgIpc) is 2.96. The number of hydrogen-bond donors (Lipinski definition) is 1. The van der Waals surface area contributed by atoms with E-state index in [1.165, 1.54) is 30.3 Å². The van der Waals surface area contributed by atoms with E-state index in [2.05, 4.69) is 20.9 Å². The maximum Gasteiger partial charge on any atom is 0.192 e. The number of nitrogens with zero attached hydrogens (tertiary/aromatic N) is 1. The molecule has 0 bridgehead atoms. The van der Waals surface area contributed by atoms with E-state index in [4.69, 9.17) is 0 Å². The molecule has 2 aromatic carbocycles. The van der Waals surface area contributed by atoms with Gasteiger partial charge in [0.05, 0.1) is 5.75 Å². The molecule has 0 unspecified atom stereocenters. The van der Waals surface area contributed by atoms with Crippen LogP contribution < -0.4 is 0 Å². The Labute approximate surface area is 152 Å². The van der Waals surface area contributed by atoms with Crippen LogP contribution in [0.4, 0.5) is 4.39 Å². The highest BCUT2D eigenvalue weighted by molar-refractivity contribution is 9.10. The number of hydrogen-bond acceptors (Lipinski definition) is 3. The van der Waals surface area contributed by atoms with Crippen molar-refractivity contribution in [2.75, 3.05) is 0 Å².